The Morgan fingerprint density at radius 3 is 2.28 bits per heavy atom. The highest BCUT2D eigenvalue weighted by molar-refractivity contribution is 8.02. The second-order valence-electron chi connectivity index (χ2n) is 11.4. The van der Waals surface area contributed by atoms with Crippen molar-refractivity contribution in [3.63, 3.8) is 0 Å². The van der Waals surface area contributed by atoms with E-state index in [4.69, 9.17) is 4.74 Å². The first kappa shape index (κ1) is 30.9. The molecule has 43 heavy (non-hydrogen) atoms. The molecule has 1 spiro atoms. The molecule has 3 aliphatic heterocycles. The topological polar surface area (TPSA) is 90.4 Å². The predicted octanol–water partition coefficient (Wildman–Crippen LogP) is 4.69. The number of unbranched alkanes of at least 4 members (excludes halogenated alkanes) is 2. The number of likely N-dealkylation sites (tertiary alicyclic amines) is 1. The summed E-state index contributed by atoms with van der Waals surface area (Å²) in [6.45, 7) is 8.88. The van der Waals surface area contributed by atoms with Crippen molar-refractivity contribution in [1.29, 1.82) is 0 Å². The van der Waals surface area contributed by atoms with E-state index in [2.05, 4.69) is 13.2 Å². The standard InChI is InChI=1S/C34H41N3O5S/c1-4-20-35(24-12-8-6-9-13-24)31(39)28-27-18-19-34(43-27)29(28)32(40)37(22-10-7-11-23-38)30(34)33(41)36(21-5-2)25-14-16-26(42-3)17-15-25/h4-6,8-9,12-17,27-30,38H,1-2,7,10-11,18-23H2,3H3/t27-,28+,29-,30?,34?/m0/s1. The van der Waals surface area contributed by atoms with E-state index in [-0.39, 0.29) is 36.1 Å². The number of nitrogens with zero attached hydrogens (tertiary/aromatic N) is 3. The molecule has 1 N–H and O–H groups in total. The third-order valence-electron chi connectivity index (χ3n) is 8.98. The number of carbonyl (C=O) groups is 3. The average Bonchev–Trinajstić information content (AvgIpc) is 3.68. The Bertz CT molecular complexity index is 1340. The number of amides is 3. The van der Waals surface area contributed by atoms with Gasteiger partial charge in [-0.15, -0.1) is 24.9 Å². The van der Waals surface area contributed by atoms with E-state index in [9.17, 15) is 19.5 Å². The first-order chi connectivity index (χ1) is 20.9. The lowest BCUT2D eigenvalue weighted by Crippen LogP contribution is -2.55. The van der Waals surface area contributed by atoms with E-state index in [0.29, 0.717) is 43.8 Å². The van der Waals surface area contributed by atoms with Crippen LogP contribution in [0.3, 0.4) is 0 Å². The fraction of sp³-hybridized carbons (Fsp3) is 0.441. The van der Waals surface area contributed by atoms with Crippen LogP contribution in [0.4, 0.5) is 11.4 Å². The molecule has 0 aliphatic carbocycles. The molecule has 0 saturated carbocycles. The molecular weight excluding hydrogens is 562 g/mol. The van der Waals surface area contributed by atoms with Crippen LogP contribution in [0.5, 0.6) is 5.75 Å². The van der Waals surface area contributed by atoms with Gasteiger partial charge in [0.25, 0.3) is 5.91 Å². The number of aliphatic hydroxyl groups is 1. The number of anilines is 2. The second kappa shape index (κ2) is 13.4. The molecule has 5 atom stereocenters. The summed E-state index contributed by atoms with van der Waals surface area (Å²) in [5, 5.41) is 9.29. The van der Waals surface area contributed by atoms with E-state index in [1.165, 1.54) is 0 Å². The molecule has 3 fully saturated rings. The quantitative estimate of drug-likeness (QED) is 0.249. The molecule has 2 unspecified atom stereocenters. The number of aliphatic hydroxyl groups excluding tert-OH is 1. The second-order valence-corrected chi connectivity index (χ2v) is 13.0. The largest absolute Gasteiger partial charge is 0.497 e. The zero-order chi connectivity index (χ0) is 30.6. The number of hydrogen-bond donors (Lipinski definition) is 1. The zero-order valence-electron chi connectivity index (χ0n) is 24.8. The summed E-state index contributed by atoms with van der Waals surface area (Å²) >= 11 is 1.67. The SMILES string of the molecule is C=CCN(C(=O)C1N(CCCCCO)C(=O)[C@@H]2[C@H](C(=O)N(CC=C)c3ccccc3)[C@@H]3CCC12S3)c1ccc(OC)cc1. The van der Waals surface area contributed by atoms with Gasteiger partial charge in [0.05, 0.1) is 23.7 Å². The van der Waals surface area contributed by atoms with Crippen LogP contribution in [-0.2, 0) is 14.4 Å². The highest BCUT2D eigenvalue weighted by atomic mass is 32.2. The first-order valence-corrected chi connectivity index (χ1v) is 15.9. The molecule has 0 radical (unpaired) electrons. The summed E-state index contributed by atoms with van der Waals surface area (Å²) in [4.78, 5) is 48.7. The van der Waals surface area contributed by atoms with Crippen molar-refractivity contribution in [1.82, 2.24) is 4.90 Å². The minimum Gasteiger partial charge on any atom is -0.497 e. The number of fused-ring (bicyclic) bond motifs is 1. The molecule has 0 aromatic heterocycles. The monoisotopic (exact) mass is 603 g/mol. The fourth-order valence-electron chi connectivity index (χ4n) is 7.13. The maximum Gasteiger partial charge on any atom is 0.251 e. The molecule has 2 aromatic carbocycles. The minimum absolute atomic E-state index is 0.0434. The van der Waals surface area contributed by atoms with Crippen LogP contribution in [-0.4, -0.2) is 77.1 Å². The molecule has 9 heteroatoms. The average molecular weight is 604 g/mol. The maximum absolute atomic E-state index is 14.7. The molecule has 3 saturated heterocycles. The van der Waals surface area contributed by atoms with Gasteiger partial charge in [-0.05, 0) is 68.5 Å². The summed E-state index contributed by atoms with van der Waals surface area (Å²) in [5.74, 6) is -0.796. The van der Waals surface area contributed by atoms with Crippen molar-refractivity contribution < 1.29 is 24.2 Å². The Morgan fingerprint density at radius 2 is 1.65 bits per heavy atom. The fourth-order valence-corrected chi connectivity index (χ4v) is 9.33. The van der Waals surface area contributed by atoms with Gasteiger partial charge in [0.15, 0.2) is 0 Å². The van der Waals surface area contributed by atoms with Gasteiger partial charge in [0.1, 0.15) is 11.8 Å². The van der Waals surface area contributed by atoms with Crippen LogP contribution in [0.1, 0.15) is 32.1 Å². The van der Waals surface area contributed by atoms with Gasteiger partial charge in [-0.1, -0.05) is 30.4 Å². The van der Waals surface area contributed by atoms with E-state index >= 15 is 0 Å². The van der Waals surface area contributed by atoms with Gasteiger partial charge in [0.2, 0.25) is 11.8 Å². The maximum atomic E-state index is 14.7. The lowest BCUT2D eigenvalue weighted by Gasteiger charge is -2.37. The van der Waals surface area contributed by atoms with E-state index in [0.717, 1.165) is 18.5 Å². The van der Waals surface area contributed by atoms with Gasteiger partial charge in [0, 0.05) is 42.9 Å². The van der Waals surface area contributed by atoms with Gasteiger partial charge < -0.3 is 24.5 Å². The normalized spacial score (nSPS) is 25.3. The van der Waals surface area contributed by atoms with E-state index < -0.39 is 22.6 Å². The Morgan fingerprint density at radius 1 is 1.00 bits per heavy atom. The third-order valence-corrected chi connectivity index (χ3v) is 10.9. The molecule has 2 bridgehead atoms. The van der Waals surface area contributed by atoms with Crippen LogP contribution in [0.2, 0.25) is 0 Å². The molecule has 3 amide bonds. The van der Waals surface area contributed by atoms with Crippen molar-refractivity contribution in [2.45, 2.75) is 48.1 Å². The van der Waals surface area contributed by atoms with Gasteiger partial charge in [-0.3, -0.25) is 14.4 Å². The van der Waals surface area contributed by atoms with Crippen LogP contribution in [0, 0.1) is 11.8 Å². The smallest absolute Gasteiger partial charge is 0.251 e. The minimum atomic E-state index is -0.710. The molecule has 8 nitrogen and oxygen atoms in total. The van der Waals surface area contributed by atoms with Gasteiger partial charge in [-0.25, -0.2) is 0 Å². The summed E-state index contributed by atoms with van der Waals surface area (Å²) in [5.41, 5.74) is 1.47. The molecule has 3 heterocycles. The number of hydrogen-bond acceptors (Lipinski definition) is 6. The van der Waals surface area contributed by atoms with Gasteiger partial charge in [-0.2, -0.15) is 0 Å². The number of para-hydroxylation sites is 1. The van der Waals surface area contributed by atoms with Crippen molar-refractivity contribution >= 4 is 40.9 Å². The summed E-state index contributed by atoms with van der Waals surface area (Å²) in [7, 11) is 1.60. The Balaban J connectivity index is 1.53. The van der Waals surface area contributed by atoms with Crippen LogP contribution >= 0.6 is 11.8 Å². The van der Waals surface area contributed by atoms with Crippen molar-refractivity contribution in [2.24, 2.45) is 11.8 Å². The Labute approximate surface area is 258 Å². The Hall–Kier alpha value is -3.56. The lowest BCUT2D eigenvalue weighted by molar-refractivity contribution is -0.139. The van der Waals surface area contributed by atoms with Crippen molar-refractivity contribution in [3.8, 4) is 5.75 Å². The highest BCUT2D eigenvalue weighted by Crippen LogP contribution is 2.66. The number of methoxy groups -OCH3 is 1. The molecule has 5 rings (SSSR count). The van der Waals surface area contributed by atoms with Crippen molar-refractivity contribution in [2.75, 3.05) is 43.2 Å². The summed E-state index contributed by atoms with van der Waals surface area (Å²) < 4.78 is 4.63. The molecular formula is C34H41N3O5S. The number of rotatable bonds is 14. The van der Waals surface area contributed by atoms with E-state index in [1.807, 2.05) is 54.6 Å². The van der Waals surface area contributed by atoms with Gasteiger partial charge >= 0.3 is 0 Å². The number of thioether (sulfide) groups is 1. The predicted molar refractivity (Wildman–Crippen MR) is 171 cm³/mol. The Kier molecular flexibility index (Phi) is 9.62. The van der Waals surface area contributed by atoms with E-state index in [1.54, 1.807) is 45.7 Å². The lowest BCUT2D eigenvalue weighted by atomic mass is 9.70. The zero-order valence-corrected chi connectivity index (χ0v) is 25.6. The number of ether oxygens (including phenoxy) is 1. The molecule has 3 aliphatic rings. The third kappa shape index (κ3) is 5.60. The number of carbonyl (C=O) groups excluding carboxylic acids is 3. The van der Waals surface area contributed by atoms with Crippen LogP contribution in [0.25, 0.3) is 0 Å². The first-order valence-electron chi connectivity index (χ1n) is 15.0. The summed E-state index contributed by atoms with van der Waals surface area (Å²) in [6, 6.07) is 16.1. The van der Waals surface area contributed by atoms with Crippen LogP contribution in [0.15, 0.2) is 79.9 Å². The molecule has 2 aromatic rings. The summed E-state index contributed by atoms with van der Waals surface area (Å²) in [6.07, 6.45) is 6.92. The molecule has 228 valence electrons. The van der Waals surface area contributed by atoms with Crippen molar-refractivity contribution in [3.05, 3.63) is 79.9 Å². The number of benzene rings is 2. The highest BCUT2D eigenvalue weighted by Gasteiger charge is 2.74. The van der Waals surface area contributed by atoms with Crippen LogP contribution < -0.4 is 14.5 Å².